The lowest BCUT2D eigenvalue weighted by Gasteiger charge is -2.02. The summed E-state index contributed by atoms with van der Waals surface area (Å²) in [5.74, 6) is 0. The van der Waals surface area contributed by atoms with Crippen LogP contribution in [-0.2, 0) is 0 Å². The van der Waals surface area contributed by atoms with E-state index in [0.29, 0.717) is 0 Å². The molecule has 0 aromatic heterocycles. The summed E-state index contributed by atoms with van der Waals surface area (Å²) in [5.41, 5.74) is 10.2. The van der Waals surface area contributed by atoms with Crippen molar-refractivity contribution in [3.05, 3.63) is 84.3 Å². The summed E-state index contributed by atoms with van der Waals surface area (Å²) < 4.78 is 0. The van der Waals surface area contributed by atoms with E-state index < -0.39 is 0 Å². The third-order valence-corrected chi connectivity index (χ3v) is 2.69. The minimum absolute atomic E-state index is 1.11. The molecule has 2 aromatic rings. The Morgan fingerprint density at radius 2 is 0.944 bits per heavy atom. The van der Waals surface area contributed by atoms with E-state index in [1.54, 1.807) is 0 Å². The minimum Gasteiger partial charge on any atom is -0.128 e. The normalized spacial score (nSPS) is 9.11. The quantitative estimate of drug-likeness (QED) is 0.654. The molecule has 0 N–H and O–H groups in total. The van der Waals surface area contributed by atoms with Crippen molar-refractivity contribution in [2.45, 2.75) is 0 Å². The summed E-state index contributed by atoms with van der Waals surface area (Å²) in [7, 11) is 0. The lowest BCUT2D eigenvalue weighted by Crippen LogP contribution is -1.79. The fourth-order valence-corrected chi connectivity index (χ4v) is 1.78. The van der Waals surface area contributed by atoms with Crippen LogP contribution in [0.5, 0.6) is 0 Å². The van der Waals surface area contributed by atoms with Gasteiger partial charge in [-0.3, -0.25) is 0 Å². The summed E-state index contributed by atoms with van der Waals surface area (Å²) in [4.78, 5) is 0. The topological polar surface area (TPSA) is 0 Å². The van der Waals surface area contributed by atoms with Crippen molar-refractivity contribution in [1.82, 2.24) is 0 Å². The maximum atomic E-state index is 3.57. The van der Waals surface area contributed by atoms with E-state index in [4.69, 9.17) is 0 Å². The molecule has 0 atom stereocenters. The summed E-state index contributed by atoms with van der Waals surface area (Å²) in [5, 5.41) is 0. The third-order valence-electron chi connectivity index (χ3n) is 2.69. The molecule has 0 nitrogen and oxygen atoms in total. The number of hydrogen-bond donors (Lipinski definition) is 0. The van der Waals surface area contributed by atoms with E-state index in [1.807, 2.05) is 12.2 Å². The molecule has 0 heteroatoms. The van der Waals surface area contributed by atoms with Crippen molar-refractivity contribution in [1.29, 1.82) is 0 Å². The van der Waals surface area contributed by atoms with Gasteiger partial charge in [0, 0.05) is 0 Å². The van der Waals surface area contributed by atoms with Crippen molar-refractivity contribution < 1.29 is 0 Å². The molecule has 0 spiro atoms. The van der Waals surface area contributed by atoms with Crippen molar-refractivity contribution in [3.8, 4) is 11.1 Å². The maximum absolute atomic E-state index is 3.57. The monoisotopic (exact) mass is 230 g/mol. The Balaban J connectivity index is 2.30. The Labute approximate surface area is 108 Å². The van der Waals surface area contributed by atoms with E-state index in [0.717, 1.165) is 11.1 Å². The second kappa shape index (κ2) is 5.70. The molecule has 0 bridgehead atoms. The highest BCUT2D eigenvalue weighted by molar-refractivity contribution is 5.67. The number of benzene rings is 2. The lowest BCUT2D eigenvalue weighted by atomic mass is 10.0. The van der Waals surface area contributed by atoms with Crippen molar-refractivity contribution in [2.24, 2.45) is 0 Å². The molecule has 0 aliphatic rings. The molecule has 2 aromatic carbocycles. The predicted molar refractivity (Wildman–Crippen MR) is 79.1 cm³/mol. The van der Waals surface area contributed by atoms with Crippen LogP contribution in [0.25, 0.3) is 23.3 Å². The molecule has 0 saturated carbocycles. The van der Waals surface area contributed by atoms with E-state index >= 15 is 0 Å². The van der Waals surface area contributed by atoms with E-state index in [2.05, 4.69) is 73.2 Å². The standard InChI is InChI=1S/C18H14/c1-3-5-15-7-11-17(12-8-15)18-13-9-16(6-4-2)10-14-18/h5-14H,1-2H2. The summed E-state index contributed by atoms with van der Waals surface area (Å²) in [6, 6.07) is 16.6. The zero-order valence-corrected chi connectivity index (χ0v) is 10.2. The summed E-state index contributed by atoms with van der Waals surface area (Å²) in [6.45, 7) is 7.14. The smallest absolute Gasteiger partial charge is 0.0133 e. The zero-order chi connectivity index (χ0) is 12.8. The van der Waals surface area contributed by atoms with Crippen molar-refractivity contribution in [3.63, 3.8) is 0 Å². The van der Waals surface area contributed by atoms with Gasteiger partial charge in [0.05, 0.1) is 0 Å². The fourth-order valence-electron chi connectivity index (χ4n) is 1.78. The van der Waals surface area contributed by atoms with Gasteiger partial charge in [-0.15, -0.1) is 11.5 Å². The predicted octanol–water partition coefficient (Wildman–Crippen LogP) is 4.95. The average Bonchev–Trinajstić information content (AvgIpc) is 2.41. The van der Waals surface area contributed by atoms with Gasteiger partial charge in [-0.1, -0.05) is 61.7 Å². The highest BCUT2D eigenvalue weighted by Gasteiger charge is 1.97. The zero-order valence-electron chi connectivity index (χ0n) is 10.2. The lowest BCUT2D eigenvalue weighted by molar-refractivity contribution is 1.59. The SMILES string of the molecule is C=C=Cc1ccc(-c2ccc(C=C=C)cc2)cc1. The highest BCUT2D eigenvalue weighted by Crippen LogP contribution is 2.21. The van der Waals surface area contributed by atoms with Gasteiger partial charge in [0.15, 0.2) is 0 Å². The third kappa shape index (κ3) is 2.78. The number of rotatable bonds is 3. The van der Waals surface area contributed by atoms with Crippen LogP contribution in [0.3, 0.4) is 0 Å². The molecule has 0 heterocycles. The van der Waals surface area contributed by atoms with E-state index in [1.165, 1.54) is 11.1 Å². The maximum Gasteiger partial charge on any atom is -0.0133 e. The van der Waals surface area contributed by atoms with Crippen molar-refractivity contribution in [2.75, 3.05) is 0 Å². The first-order valence-electron chi connectivity index (χ1n) is 5.75. The van der Waals surface area contributed by atoms with Gasteiger partial charge in [0.25, 0.3) is 0 Å². The molecule has 0 radical (unpaired) electrons. The van der Waals surface area contributed by atoms with Crippen LogP contribution in [0.4, 0.5) is 0 Å². The van der Waals surface area contributed by atoms with Gasteiger partial charge in [-0.25, -0.2) is 0 Å². The molecule has 2 rings (SSSR count). The molecular weight excluding hydrogens is 216 g/mol. The summed E-state index contributed by atoms with van der Waals surface area (Å²) >= 11 is 0. The fraction of sp³-hybridized carbons (Fsp3) is 0. The van der Waals surface area contributed by atoms with Crippen LogP contribution >= 0.6 is 0 Å². The summed E-state index contributed by atoms with van der Waals surface area (Å²) in [6.07, 6.45) is 3.73. The van der Waals surface area contributed by atoms with Gasteiger partial charge < -0.3 is 0 Å². The van der Waals surface area contributed by atoms with Gasteiger partial charge in [-0.2, -0.15) is 0 Å². The molecule has 0 unspecified atom stereocenters. The molecule has 18 heavy (non-hydrogen) atoms. The first kappa shape index (κ1) is 12.0. The number of hydrogen-bond acceptors (Lipinski definition) is 0. The molecule has 0 aliphatic carbocycles. The minimum atomic E-state index is 1.11. The Hall–Kier alpha value is -2.52. The molecule has 0 amide bonds. The molecule has 0 aliphatic heterocycles. The molecular formula is C18H14. The van der Waals surface area contributed by atoms with Crippen LogP contribution in [0.15, 0.2) is 73.2 Å². The first-order valence-corrected chi connectivity index (χ1v) is 5.75. The van der Waals surface area contributed by atoms with Crippen LogP contribution in [-0.4, -0.2) is 0 Å². The van der Waals surface area contributed by atoms with Crippen molar-refractivity contribution >= 4 is 12.2 Å². The largest absolute Gasteiger partial charge is 0.128 e. The van der Waals surface area contributed by atoms with Gasteiger partial charge >= 0.3 is 0 Å². The van der Waals surface area contributed by atoms with Gasteiger partial charge in [-0.05, 0) is 34.4 Å². The van der Waals surface area contributed by atoms with Crippen LogP contribution in [0.2, 0.25) is 0 Å². The Kier molecular flexibility index (Phi) is 3.79. The van der Waals surface area contributed by atoms with E-state index in [-0.39, 0.29) is 0 Å². The van der Waals surface area contributed by atoms with Gasteiger partial charge in [0.1, 0.15) is 0 Å². The van der Waals surface area contributed by atoms with Crippen LogP contribution in [0, 0.1) is 0 Å². The van der Waals surface area contributed by atoms with E-state index in [9.17, 15) is 0 Å². The molecule has 0 fully saturated rings. The van der Waals surface area contributed by atoms with Crippen LogP contribution in [0.1, 0.15) is 11.1 Å². The Bertz CT molecular complexity index is 555. The second-order valence-electron chi connectivity index (χ2n) is 3.94. The highest BCUT2D eigenvalue weighted by atomic mass is 14.0. The first-order chi connectivity index (χ1) is 8.83. The Morgan fingerprint density at radius 3 is 1.22 bits per heavy atom. The van der Waals surface area contributed by atoms with Gasteiger partial charge in [0.2, 0.25) is 0 Å². The van der Waals surface area contributed by atoms with Crippen LogP contribution < -0.4 is 0 Å². The second-order valence-corrected chi connectivity index (χ2v) is 3.94. The average molecular weight is 230 g/mol. The molecule has 0 saturated heterocycles. The molecule has 86 valence electrons. The Morgan fingerprint density at radius 1 is 0.611 bits per heavy atom.